The summed E-state index contributed by atoms with van der Waals surface area (Å²) in [4.78, 5) is 15.3. The molecule has 0 saturated carbocycles. The van der Waals surface area contributed by atoms with Crippen molar-refractivity contribution in [1.82, 2.24) is 9.21 Å². The molecule has 0 radical (unpaired) electrons. The van der Waals surface area contributed by atoms with E-state index in [1.165, 1.54) is 16.1 Å². The maximum absolute atomic E-state index is 12.8. The summed E-state index contributed by atoms with van der Waals surface area (Å²) < 4.78 is 49.9. The molecule has 7 nitrogen and oxygen atoms in total. The van der Waals surface area contributed by atoms with Crippen molar-refractivity contribution < 1.29 is 21.6 Å². The first-order chi connectivity index (χ1) is 12.6. The highest BCUT2D eigenvalue weighted by Gasteiger charge is 2.41. The number of carbonyl (C=O) groups excluding carboxylic acids is 1. The second-order valence-corrected chi connectivity index (χ2v) is 12.3. The van der Waals surface area contributed by atoms with E-state index in [0.29, 0.717) is 10.6 Å². The molecule has 0 aromatic heterocycles. The normalized spacial score (nSPS) is 23.5. The summed E-state index contributed by atoms with van der Waals surface area (Å²) in [5.74, 6) is -0.623. The monoisotopic (exact) mass is 452 g/mol. The van der Waals surface area contributed by atoms with Gasteiger partial charge in [0.2, 0.25) is 10.0 Å². The van der Waals surface area contributed by atoms with E-state index in [0.717, 1.165) is 4.90 Å². The lowest BCUT2D eigenvalue weighted by molar-refractivity contribution is 0.0697. The second kappa shape index (κ2) is 7.90. The minimum absolute atomic E-state index is 0.0837. The molecule has 11 heteroatoms. The summed E-state index contributed by atoms with van der Waals surface area (Å²) in [7, 11) is -6.95. The number of piperazine rings is 1. The molecule has 1 amide bonds. The van der Waals surface area contributed by atoms with Crippen LogP contribution in [-0.2, 0) is 19.9 Å². The quantitative estimate of drug-likeness (QED) is 0.640. The minimum atomic E-state index is -3.68. The molecular formula is C16H21ClN2O5S3. The Kier molecular flexibility index (Phi) is 6.12. The van der Waals surface area contributed by atoms with Crippen molar-refractivity contribution in [2.45, 2.75) is 16.6 Å². The molecule has 150 valence electrons. The van der Waals surface area contributed by atoms with Crippen LogP contribution in [0.5, 0.6) is 0 Å². The van der Waals surface area contributed by atoms with E-state index in [1.54, 1.807) is 17.0 Å². The first kappa shape index (κ1) is 20.9. The number of rotatable bonds is 4. The molecule has 2 aliphatic rings. The molecule has 1 aromatic rings. The largest absolute Gasteiger partial charge is 0.336 e. The number of amides is 1. The predicted molar refractivity (Wildman–Crippen MR) is 107 cm³/mol. The molecule has 0 spiro atoms. The SMILES string of the molecule is CSc1ccc(Cl)c(C(=O)N2CCN(S(=O)(=O)C3CCS(=O)(=O)C3)CC2)c1. The van der Waals surface area contributed by atoms with Crippen molar-refractivity contribution in [1.29, 1.82) is 0 Å². The summed E-state index contributed by atoms with van der Waals surface area (Å²) in [5, 5.41) is -0.513. The Bertz CT molecular complexity index is 941. The molecule has 2 heterocycles. The number of benzene rings is 1. The van der Waals surface area contributed by atoms with Crippen molar-refractivity contribution in [2.75, 3.05) is 43.9 Å². The highest BCUT2D eigenvalue weighted by Crippen LogP contribution is 2.26. The molecule has 2 aliphatic heterocycles. The second-order valence-electron chi connectivity index (χ2n) is 6.61. The standard InChI is InChI=1S/C16H21ClN2O5S3/c1-25-12-2-3-15(17)14(10-12)16(20)18-5-7-19(8-6-18)27(23,24)13-4-9-26(21,22)11-13/h2-3,10,13H,4-9,11H2,1H3. The lowest BCUT2D eigenvalue weighted by Crippen LogP contribution is -2.52. The van der Waals surface area contributed by atoms with Crippen molar-refractivity contribution >= 4 is 49.1 Å². The zero-order valence-corrected chi connectivity index (χ0v) is 18.0. The van der Waals surface area contributed by atoms with Crippen LogP contribution in [0.25, 0.3) is 0 Å². The van der Waals surface area contributed by atoms with Gasteiger partial charge in [-0.2, -0.15) is 4.31 Å². The van der Waals surface area contributed by atoms with Crippen molar-refractivity contribution in [3.63, 3.8) is 0 Å². The Morgan fingerprint density at radius 2 is 1.89 bits per heavy atom. The number of sulfonamides is 1. The zero-order valence-electron chi connectivity index (χ0n) is 14.8. The number of thioether (sulfide) groups is 1. The van der Waals surface area contributed by atoms with Crippen LogP contribution in [0.15, 0.2) is 23.1 Å². The van der Waals surface area contributed by atoms with Gasteiger partial charge in [-0.15, -0.1) is 11.8 Å². The third-order valence-corrected chi connectivity index (χ3v) is 10.3. The van der Waals surface area contributed by atoms with E-state index in [9.17, 15) is 21.6 Å². The van der Waals surface area contributed by atoms with E-state index in [-0.39, 0.29) is 50.0 Å². The Balaban J connectivity index is 1.68. The van der Waals surface area contributed by atoms with Crippen LogP contribution >= 0.6 is 23.4 Å². The summed E-state index contributed by atoms with van der Waals surface area (Å²) in [6.07, 6.45) is 2.05. The van der Waals surface area contributed by atoms with Gasteiger partial charge in [0.25, 0.3) is 5.91 Å². The molecule has 0 bridgehead atoms. The lowest BCUT2D eigenvalue weighted by atomic mass is 10.2. The molecule has 2 fully saturated rings. The molecule has 3 rings (SSSR count). The number of carbonyl (C=O) groups is 1. The molecule has 1 aromatic carbocycles. The van der Waals surface area contributed by atoms with Gasteiger partial charge < -0.3 is 4.90 Å². The molecule has 1 unspecified atom stereocenters. The third kappa shape index (κ3) is 4.45. The fourth-order valence-electron chi connectivity index (χ4n) is 3.32. The lowest BCUT2D eigenvalue weighted by Gasteiger charge is -2.35. The fourth-order valence-corrected chi connectivity index (χ4v) is 8.47. The van der Waals surface area contributed by atoms with Crippen LogP contribution in [0, 0.1) is 0 Å². The molecule has 27 heavy (non-hydrogen) atoms. The van der Waals surface area contributed by atoms with E-state index in [2.05, 4.69) is 0 Å². The average Bonchev–Trinajstić information content (AvgIpc) is 3.02. The number of halogens is 1. The summed E-state index contributed by atoms with van der Waals surface area (Å²) in [6.45, 7) is 0.809. The Hall–Kier alpha value is -0.810. The van der Waals surface area contributed by atoms with Gasteiger partial charge in [-0.25, -0.2) is 16.8 Å². The van der Waals surface area contributed by atoms with Crippen LogP contribution in [0.4, 0.5) is 0 Å². The van der Waals surface area contributed by atoms with Crippen molar-refractivity contribution in [3.8, 4) is 0 Å². The molecular weight excluding hydrogens is 432 g/mol. The van der Waals surface area contributed by atoms with Gasteiger partial charge in [0, 0.05) is 31.1 Å². The van der Waals surface area contributed by atoms with Gasteiger partial charge in [0.15, 0.2) is 9.84 Å². The minimum Gasteiger partial charge on any atom is -0.336 e. The van der Waals surface area contributed by atoms with E-state index < -0.39 is 25.1 Å². The average molecular weight is 453 g/mol. The highest BCUT2D eigenvalue weighted by atomic mass is 35.5. The van der Waals surface area contributed by atoms with Crippen molar-refractivity contribution in [2.24, 2.45) is 0 Å². The topological polar surface area (TPSA) is 91.8 Å². The van der Waals surface area contributed by atoms with Gasteiger partial charge in [0.1, 0.15) is 0 Å². The van der Waals surface area contributed by atoms with Gasteiger partial charge in [0.05, 0.1) is 27.3 Å². The van der Waals surface area contributed by atoms with Crippen LogP contribution < -0.4 is 0 Å². The number of hydrogen-bond acceptors (Lipinski definition) is 6. The summed E-state index contributed by atoms with van der Waals surface area (Å²) in [5.41, 5.74) is 0.404. The first-order valence-corrected chi connectivity index (χ1v) is 13.4. The van der Waals surface area contributed by atoms with Gasteiger partial charge in [-0.1, -0.05) is 11.6 Å². The van der Waals surface area contributed by atoms with E-state index in [4.69, 9.17) is 11.6 Å². The number of nitrogens with zero attached hydrogens (tertiary/aromatic N) is 2. The first-order valence-electron chi connectivity index (χ1n) is 8.46. The van der Waals surface area contributed by atoms with E-state index >= 15 is 0 Å². The molecule has 0 N–H and O–H groups in total. The molecule has 2 saturated heterocycles. The predicted octanol–water partition coefficient (Wildman–Crippen LogP) is 1.34. The van der Waals surface area contributed by atoms with Crippen LogP contribution in [0.2, 0.25) is 5.02 Å². The van der Waals surface area contributed by atoms with Crippen LogP contribution in [0.1, 0.15) is 16.8 Å². The molecule has 0 aliphatic carbocycles. The van der Waals surface area contributed by atoms with Gasteiger partial charge in [-0.05, 0) is 30.9 Å². The van der Waals surface area contributed by atoms with Gasteiger partial charge in [-0.3, -0.25) is 4.79 Å². The van der Waals surface area contributed by atoms with Gasteiger partial charge >= 0.3 is 0 Å². The van der Waals surface area contributed by atoms with Crippen molar-refractivity contribution in [3.05, 3.63) is 28.8 Å². The number of sulfone groups is 1. The van der Waals surface area contributed by atoms with E-state index in [1.807, 2.05) is 12.3 Å². The Morgan fingerprint density at radius 3 is 2.44 bits per heavy atom. The maximum atomic E-state index is 12.8. The zero-order chi connectivity index (χ0) is 19.8. The Labute approximate surface area is 169 Å². The number of hydrogen-bond donors (Lipinski definition) is 0. The fraction of sp³-hybridized carbons (Fsp3) is 0.562. The maximum Gasteiger partial charge on any atom is 0.255 e. The Morgan fingerprint density at radius 1 is 1.22 bits per heavy atom. The van der Waals surface area contributed by atoms with Crippen LogP contribution in [-0.4, -0.2) is 81.1 Å². The smallest absolute Gasteiger partial charge is 0.255 e. The summed E-state index contributed by atoms with van der Waals surface area (Å²) >= 11 is 7.67. The summed E-state index contributed by atoms with van der Waals surface area (Å²) in [6, 6.07) is 5.26. The third-order valence-electron chi connectivity index (χ3n) is 4.90. The molecule has 1 atom stereocenters. The van der Waals surface area contributed by atoms with Crippen LogP contribution in [0.3, 0.4) is 0 Å². The highest BCUT2D eigenvalue weighted by molar-refractivity contribution is 7.98.